The van der Waals surface area contributed by atoms with Crippen LogP contribution < -0.4 is 10.1 Å². The summed E-state index contributed by atoms with van der Waals surface area (Å²) in [6.45, 7) is 1.95. The summed E-state index contributed by atoms with van der Waals surface area (Å²) < 4.78 is 6.82. The first kappa shape index (κ1) is 15.1. The van der Waals surface area contributed by atoms with Gasteiger partial charge in [0, 0.05) is 16.2 Å². The van der Waals surface area contributed by atoms with Crippen LogP contribution in [0.1, 0.15) is 15.9 Å². The van der Waals surface area contributed by atoms with E-state index in [0.717, 1.165) is 14.5 Å². The SMILES string of the molecule is COc1cc(NC(=O)c2cc(C)ccc2Br)ccc1Br. The third kappa shape index (κ3) is 3.41. The van der Waals surface area contributed by atoms with Crippen LogP contribution in [-0.2, 0) is 0 Å². The Kier molecular flexibility index (Phi) is 4.83. The summed E-state index contributed by atoms with van der Waals surface area (Å²) >= 11 is 6.77. The van der Waals surface area contributed by atoms with Crippen molar-refractivity contribution in [3.63, 3.8) is 0 Å². The van der Waals surface area contributed by atoms with Crippen LogP contribution >= 0.6 is 31.9 Å². The first-order valence-electron chi connectivity index (χ1n) is 5.92. The number of hydrogen-bond donors (Lipinski definition) is 1. The molecule has 0 bridgehead atoms. The molecule has 0 unspecified atom stereocenters. The minimum atomic E-state index is -0.162. The van der Waals surface area contributed by atoms with E-state index in [-0.39, 0.29) is 5.91 Å². The highest BCUT2D eigenvalue weighted by Crippen LogP contribution is 2.28. The zero-order valence-electron chi connectivity index (χ0n) is 11.0. The zero-order chi connectivity index (χ0) is 14.7. The van der Waals surface area contributed by atoms with Crippen molar-refractivity contribution >= 4 is 43.5 Å². The van der Waals surface area contributed by atoms with Crippen molar-refractivity contribution in [3.8, 4) is 5.75 Å². The molecule has 1 amide bonds. The second kappa shape index (κ2) is 6.41. The van der Waals surface area contributed by atoms with Crippen molar-refractivity contribution in [2.45, 2.75) is 6.92 Å². The van der Waals surface area contributed by atoms with Gasteiger partial charge in [0.15, 0.2) is 0 Å². The second-order valence-corrected chi connectivity index (χ2v) is 6.00. The summed E-state index contributed by atoms with van der Waals surface area (Å²) in [6.07, 6.45) is 0. The normalized spacial score (nSPS) is 10.2. The van der Waals surface area contributed by atoms with Gasteiger partial charge in [-0.15, -0.1) is 0 Å². The summed E-state index contributed by atoms with van der Waals surface area (Å²) in [5.41, 5.74) is 2.32. The molecule has 0 saturated carbocycles. The summed E-state index contributed by atoms with van der Waals surface area (Å²) in [5.74, 6) is 0.510. The lowest BCUT2D eigenvalue weighted by Crippen LogP contribution is -2.12. The van der Waals surface area contributed by atoms with Crippen LogP contribution in [0.3, 0.4) is 0 Å². The van der Waals surface area contributed by atoms with Crippen LogP contribution in [0.25, 0.3) is 0 Å². The Morgan fingerprint density at radius 1 is 1.10 bits per heavy atom. The largest absolute Gasteiger partial charge is 0.495 e. The van der Waals surface area contributed by atoms with Crippen molar-refractivity contribution in [1.82, 2.24) is 0 Å². The smallest absolute Gasteiger partial charge is 0.256 e. The fraction of sp³-hybridized carbons (Fsp3) is 0.133. The molecule has 2 rings (SSSR count). The molecule has 0 atom stereocenters. The van der Waals surface area contributed by atoms with Crippen LogP contribution in [0.2, 0.25) is 0 Å². The van der Waals surface area contributed by atoms with Gasteiger partial charge in [0.25, 0.3) is 5.91 Å². The minimum Gasteiger partial charge on any atom is -0.495 e. The number of methoxy groups -OCH3 is 1. The lowest BCUT2D eigenvalue weighted by molar-refractivity contribution is 0.102. The monoisotopic (exact) mass is 397 g/mol. The van der Waals surface area contributed by atoms with E-state index < -0.39 is 0 Å². The van der Waals surface area contributed by atoms with Crippen LogP contribution in [-0.4, -0.2) is 13.0 Å². The van der Waals surface area contributed by atoms with Gasteiger partial charge in [-0.2, -0.15) is 0 Å². The van der Waals surface area contributed by atoms with Gasteiger partial charge < -0.3 is 10.1 Å². The topological polar surface area (TPSA) is 38.3 Å². The Balaban J connectivity index is 2.25. The van der Waals surface area contributed by atoms with E-state index in [2.05, 4.69) is 37.2 Å². The molecule has 3 nitrogen and oxygen atoms in total. The number of carbonyl (C=O) groups excluding carboxylic acids is 1. The van der Waals surface area contributed by atoms with Crippen molar-refractivity contribution in [2.24, 2.45) is 0 Å². The van der Waals surface area contributed by atoms with E-state index in [9.17, 15) is 4.79 Å². The fourth-order valence-electron chi connectivity index (χ4n) is 1.75. The quantitative estimate of drug-likeness (QED) is 0.807. The zero-order valence-corrected chi connectivity index (χ0v) is 14.2. The summed E-state index contributed by atoms with van der Waals surface area (Å²) in [6, 6.07) is 11.1. The van der Waals surface area contributed by atoms with Crippen LogP contribution in [0.4, 0.5) is 5.69 Å². The molecule has 2 aromatic carbocycles. The van der Waals surface area contributed by atoms with E-state index in [0.29, 0.717) is 17.0 Å². The highest BCUT2D eigenvalue weighted by molar-refractivity contribution is 9.10. The number of nitrogens with one attached hydrogen (secondary N) is 1. The second-order valence-electron chi connectivity index (χ2n) is 4.29. The number of amides is 1. The number of ether oxygens (including phenoxy) is 1. The maximum Gasteiger partial charge on any atom is 0.256 e. The Morgan fingerprint density at radius 3 is 2.50 bits per heavy atom. The van der Waals surface area contributed by atoms with Gasteiger partial charge in [-0.25, -0.2) is 0 Å². The molecule has 0 aromatic heterocycles. The molecule has 20 heavy (non-hydrogen) atoms. The van der Waals surface area contributed by atoms with Gasteiger partial charge >= 0.3 is 0 Å². The lowest BCUT2D eigenvalue weighted by Gasteiger charge is -2.10. The molecule has 0 spiro atoms. The van der Waals surface area contributed by atoms with Gasteiger partial charge in [0.05, 0.1) is 17.1 Å². The Labute approximate surface area is 134 Å². The summed E-state index contributed by atoms with van der Waals surface area (Å²) in [7, 11) is 1.59. The predicted molar refractivity (Wildman–Crippen MR) is 87.5 cm³/mol. The standard InChI is InChI=1S/C15H13Br2NO2/c1-9-3-5-12(16)11(7-9)15(19)18-10-4-6-13(17)14(8-10)20-2/h3-8H,1-2H3,(H,18,19). The lowest BCUT2D eigenvalue weighted by atomic mass is 10.1. The maximum absolute atomic E-state index is 12.3. The van der Waals surface area contributed by atoms with Crippen molar-refractivity contribution in [3.05, 3.63) is 56.5 Å². The fourth-order valence-corrected chi connectivity index (χ4v) is 2.58. The molecule has 0 heterocycles. The van der Waals surface area contributed by atoms with Gasteiger partial charge in [-0.1, -0.05) is 11.6 Å². The van der Waals surface area contributed by atoms with E-state index in [1.807, 2.05) is 37.3 Å². The molecule has 0 saturated heterocycles. The molecule has 0 aliphatic heterocycles. The van der Waals surface area contributed by atoms with Crippen LogP contribution in [0, 0.1) is 6.92 Å². The molecule has 0 aliphatic carbocycles. The molecular weight excluding hydrogens is 386 g/mol. The van der Waals surface area contributed by atoms with Crippen LogP contribution in [0.15, 0.2) is 45.3 Å². The molecule has 0 fully saturated rings. The van der Waals surface area contributed by atoms with E-state index in [1.54, 1.807) is 13.2 Å². The number of hydrogen-bond acceptors (Lipinski definition) is 2. The third-order valence-corrected chi connectivity index (χ3v) is 4.12. The van der Waals surface area contributed by atoms with Crippen molar-refractivity contribution in [2.75, 3.05) is 12.4 Å². The number of halogens is 2. The van der Waals surface area contributed by atoms with Gasteiger partial charge in [-0.05, 0) is 63.0 Å². The first-order chi connectivity index (χ1) is 9.51. The molecule has 0 aliphatic rings. The Morgan fingerprint density at radius 2 is 1.80 bits per heavy atom. The average molecular weight is 399 g/mol. The third-order valence-electron chi connectivity index (χ3n) is 2.78. The Bertz CT molecular complexity index is 656. The number of aryl methyl sites for hydroxylation is 1. The highest BCUT2D eigenvalue weighted by atomic mass is 79.9. The number of carbonyl (C=O) groups is 1. The van der Waals surface area contributed by atoms with Gasteiger partial charge in [-0.3, -0.25) is 4.79 Å². The molecular formula is C15H13Br2NO2. The van der Waals surface area contributed by atoms with Crippen molar-refractivity contribution < 1.29 is 9.53 Å². The van der Waals surface area contributed by atoms with E-state index in [4.69, 9.17) is 4.74 Å². The van der Waals surface area contributed by atoms with E-state index in [1.165, 1.54) is 0 Å². The summed E-state index contributed by atoms with van der Waals surface area (Å²) in [4.78, 5) is 12.3. The average Bonchev–Trinajstić information content (AvgIpc) is 2.43. The Hall–Kier alpha value is -1.33. The number of anilines is 1. The maximum atomic E-state index is 12.3. The predicted octanol–water partition coefficient (Wildman–Crippen LogP) is 4.78. The molecule has 1 N–H and O–H groups in total. The molecule has 2 aromatic rings. The molecule has 104 valence electrons. The van der Waals surface area contributed by atoms with Gasteiger partial charge in [0.2, 0.25) is 0 Å². The van der Waals surface area contributed by atoms with Gasteiger partial charge in [0.1, 0.15) is 5.75 Å². The molecule has 5 heteroatoms. The highest BCUT2D eigenvalue weighted by Gasteiger charge is 2.11. The van der Waals surface area contributed by atoms with Crippen LogP contribution in [0.5, 0.6) is 5.75 Å². The minimum absolute atomic E-state index is 0.162. The van der Waals surface area contributed by atoms with E-state index >= 15 is 0 Å². The molecule has 0 radical (unpaired) electrons. The number of benzene rings is 2. The summed E-state index contributed by atoms with van der Waals surface area (Å²) in [5, 5.41) is 2.86. The number of rotatable bonds is 3. The first-order valence-corrected chi connectivity index (χ1v) is 7.51. The van der Waals surface area contributed by atoms with Crippen molar-refractivity contribution in [1.29, 1.82) is 0 Å².